The summed E-state index contributed by atoms with van der Waals surface area (Å²) >= 11 is 7.56. The van der Waals surface area contributed by atoms with Gasteiger partial charge in [0.2, 0.25) is 5.91 Å². The number of nitrogens with one attached hydrogen (secondary N) is 2. The number of thioether (sulfide) groups is 1. The number of hydrogen-bond donors (Lipinski definition) is 2. The summed E-state index contributed by atoms with van der Waals surface area (Å²) in [7, 11) is 1.59. The third kappa shape index (κ3) is 4.11. The number of hydrogen-bond acceptors (Lipinski definition) is 6. The SMILES string of the molecule is COc1ccc(COC(=O)C2=C(CCl)CSCC3(CN3)C(=O)N2)cc1. The lowest BCUT2D eigenvalue weighted by molar-refractivity contribution is -0.142. The Morgan fingerprint density at radius 2 is 2.08 bits per heavy atom. The molecule has 1 spiro atoms. The summed E-state index contributed by atoms with van der Waals surface area (Å²) in [4.78, 5) is 24.9. The van der Waals surface area contributed by atoms with E-state index < -0.39 is 11.5 Å². The molecular formula is C17H19ClN2O4S. The molecule has 2 aliphatic rings. The zero-order chi connectivity index (χ0) is 17.9. The number of esters is 1. The van der Waals surface area contributed by atoms with Crippen LogP contribution in [0.1, 0.15) is 5.56 Å². The van der Waals surface area contributed by atoms with Crippen molar-refractivity contribution in [2.75, 3.05) is 31.0 Å². The standard InChI is InChI=1S/C17H19ClN2O4S/c1-23-13-4-2-11(3-5-13)7-24-15(21)14-12(6-18)8-25-10-17(9-19-17)16(22)20-14/h2-5,19H,6-10H2,1H3,(H,20,22). The Bertz CT molecular complexity index is 701. The van der Waals surface area contributed by atoms with Crippen molar-refractivity contribution in [3.63, 3.8) is 0 Å². The van der Waals surface area contributed by atoms with Crippen LogP contribution in [-0.2, 0) is 20.9 Å². The summed E-state index contributed by atoms with van der Waals surface area (Å²) < 4.78 is 10.5. The monoisotopic (exact) mass is 382 g/mol. The number of carbonyl (C=O) groups is 2. The van der Waals surface area contributed by atoms with Gasteiger partial charge in [0.05, 0.1) is 7.11 Å². The lowest BCUT2D eigenvalue weighted by Gasteiger charge is -2.21. The lowest BCUT2D eigenvalue weighted by Crippen LogP contribution is -2.44. The zero-order valence-corrected chi connectivity index (χ0v) is 15.3. The Labute approximate surface area is 155 Å². The molecule has 1 aromatic carbocycles. The Morgan fingerprint density at radius 3 is 2.68 bits per heavy atom. The van der Waals surface area contributed by atoms with Crippen LogP contribution in [0.2, 0.25) is 0 Å². The Balaban J connectivity index is 1.69. The van der Waals surface area contributed by atoms with E-state index in [0.717, 1.165) is 11.3 Å². The highest BCUT2D eigenvalue weighted by Gasteiger charge is 2.50. The van der Waals surface area contributed by atoms with E-state index in [2.05, 4.69) is 10.6 Å². The zero-order valence-electron chi connectivity index (χ0n) is 13.8. The number of methoxy groups -OCH3 is 1. The van der Waals surface area contributed by atoms with Gasteiger partial charge in [-0.2, -0.15) is 11.8 Å². The average molecular weight is 383 g/mol. The van der Waals surface area contributed by atoms with Crippen LogP contribution in [0.4, 0.5) is 0 Å². The van der Waals surface area contributed by atoms with E-state index in [9.17, 15) is 9.59 Å². The van der Waals surface area contributed by atoms with Crippen molar-refractivity contribution in [1.82, 2.24) is 10.6 Å². The first-order valence-corrected chi connectivity index (χ1v) is 9.49. The lowest BCUT2D eigenvalue weighted by atomic mass is 10.1. The molecule has 1 fully saturated rings. The van der Waals surface area contributed by atoms with E-state index in [1.807, 2.05) is 12.1 Å². The molecule has 2 aliphatic heterocycles. The minimum absolute atomic E-state index is 0.105. The molecule has 1 amide bonds. The first-order valence-electron chi connectivity index (χ1n) is 7.80. The predicted octanol–water partition coefficient (Wildman–Crippen LogP) is 1.44. The summed E-state index contributed by atoms with van der Waals surface area (Å²) in [6.07, 6.45) is 0. The Morgan fingerprint density at radius 1 is 1.36 bits per heavy atom. The maximum atomic E-state index is 12.5. The normalized spacial score (nSPS) is 22.9. The maximum absolute atomic E-state index is 12.5. The number of halogens is 1. The van der Waals surface area contributed by atoms with Gasteiger partial charge in [0.15, 0.2) is 0 Å². The summed E-state index contributed by atoms with van der Waals surface area (Å²) in [5.74, 6) is 1.36. The van der Waals surface area contributed by atoms with Crippen molar-refractivity contribution in [3.05, 3.63) is 41.1 Å². The highest BCUT2D eigenvalue weighted by molar-refractivity contribution is 7.99. The minimum Gasteiger partial charge on any atom is -0.497 e. The maximum Gasteiger partial charge on any atom is 0.355 e. The van der Waals surface area contributed by atoms with E-state index in [1.165, 1.54) is 0 Å². The van der Waals surface area contributed by atoms with E-state index in [0.29, 0.717) is 23.6 Å². The van der Waals surface area contributed by atoms with E-state index in [-0.39, 0.29) is 24.1 Å². The summed E-state index contributed by atoms with van der Waals surface area (Å²) in [6.45, 7) is 0.727. The van der Waals surface area contributed by atoms with Crippen molar-refractivity contribution < 1.29 is 19.1 Å². The van der Waals surface area contributed by atoms with Crippen LogP contribution in [0.3, 0.4) is 0 Å². The Hall–Kier alpha value is -1.70. The first kappa shape index (κ1) is 18.1. The fourth-order valence-electron chi connectivity index (χ4n) is 2.42. The van der Waals surface area contributed by atoms with Gasteiger partial charge in [0, 0.05) is 23.9 Å². The van der Waals surface area contributed by atoms with Gasteiger partial charge in [-0.15, -0.1) is 11.6 Å². The fraction of sp³-hybridized carbons (Fsp3) is 0.412. The van der Waals surface area contributed by atoms with E-state index in [1.54, 1.807) is 31.0 Å². The molecule has 6 nitrogen and oxygen atoms in total. The van der Waals surface area contributed by atoms with Crippen molar-refractivity contribution in [3.8, 4) is 5.75 Å². The molecule has 0 bridgehead atoms. The van der Waals surface area contributed by atoms with Gasteiger partial charge < -0.3 is 14.8 Å². The molecule has 134 valence electrons. The molecule has 25 heavy (non-hydrogen) atoms. The highest BCUT2D eigenvalue weighted by atomic mass is 35.5. The first-order chi connectivity index (χ1) is 12.1. The molecule has 8 heteroatoms. The molecule has 1 saturated heterocycles. The van der Waals surface area contributed by atoms with Gasteiger partial charge in [0.1, 0.15) is 23.6 Å². The van der Waals surface area contributed by atoms with Gasteiger partial charge in [-0.05, 0) is 23.3 Å². The van der Waals surface area contributed by atoms with Crippen LogP contribution in [0, 0.1) is 0 Å². The third-order valence-electron chi connectivity index (χ3n) is 4.15. The number of ether oxygens (including phenoxy) is 2. The van der Waals surface area contributed by atoms with Gasteiger partial charge in [-0.1, -0.05) is 12.1 Å². The van der Waals surface area contributed by atoms with Crippen LogP contribution < -0.4 is 15.4 Å². The van der Waals surface area contributed by atoms with Gasteiger partial charge in [-0.3, -0.25) is 10.1 Å². The molecule has 2 N–H and O–H groups in total. The number of carbonyl (C=O) groups excluding carboxylic acids is 2. The van der Waals surface area contributed by atoms with Crippen molar-refractivity contribution in [2.45, 2.75) is 12.1 Å². The minimum atomic E-state index is -0.571. The van der Waals surface area contributed by atoms with Crippen LogP contribution in [0.25, 0.3) is 0 Å². The number of amides is 1. The van der Waals surface area contributed by atoms with Gasteiger partial charge in [0.25, 0.3) is 0 Å². The molecule has 3 rings (SSSR count). The highest BCUT2D eigenvalue weighted by Crippen LogP contribution is 2.28. The number of alkyl halides is 1. The molecule has 0 saturated carbocycles. The second-order valence-corrected chi connectivity index (χ2v) is 7.17. The quantitative estimate of drug-likeness (QED) is 0.455. The van der Waals surface area contributed by atoms with Crippen LogP contribution in [0.5, 0.6) is 5.75 Å². The van der Waals surface area contributed by atoms with Crippen molar-refractivity contribution in [1.29, 1.82) is 0 Å². The van der Waals surface area contributed by atoms with Crippen LogP contribution >= 0.6 is 23.4 Å². The largest absolute Gasteiger partial charge is 0.497 e. The molecule has 1 aromatic rings. The second kappa shape index (κ2) is 7.68. The summed E-state index contributed by atoms with van der Waals surface area (Å²) in [5.41, 5.74) is 1.10. The van der Waals surface area contributed by atoms with Crippen molar-refractivity contribution >= 4 is 35.2 Å². The van der Waals surface area contributed by atoms with Gasteiger partial charge in [-0.25, -0.2) is 4.79 Å². The summed E-state index contributed by atoms with van der Waals surface area (Å²) in [5, 5.41) is 5.79. The summed E-state index contributed by atoms with van der Waals surface area (Å²) in [6, 6.07) is 7.23. The topological polar surface area (TPSA) is 86.6 Å². The van der Waals surface area contributed by atoms with E-state index in [4.69, 9.17) is 21.1 Å². The van der Waals surface area contributed by atoms with Crippen molar-refractivity contribution in [2.24, 2.45) is 0 Å². The predicted molar refractivity (Wildman–Crippen MR) is 96.7 cm³/mol. The molecule has 0 aromatic heterocycles. The van der Waals surface area contributed by atoms with Crippen LogP contribution in [-0.4, -0.2) is 48.5 Å². The third-order valence-corrected chi connectivity index (χ3v) is 5.72. The Kier molecular flexibility index (Phi) is 5.56. The number of benzene rings is 1. The number of rotatable bonds is 5. The smallest absolute Gasteiger partial charge is 0.355 e. The molecular weight excluding hydrogens is 364 g/mol. The average Bonchev–Trinajstić information content (AvgIpc) is 3.42. The molecule has 2 heterocycles. The fourth-order valence-corrected chi connectivity index (χ4v) is 4.04. The van der Waals surface area contributed by atoms with E-state index >= 15 is 0 Å². The molecule has 1 atom stereocenters. The molecule has 1 unspecified atom stereocenters. The molecule has 0 radical (unpaired) electrons. The molecule has 0 aliphatic carbocycles. The van der Waals surface area contributed by atoms with Gasteiger partial charge >= 0.3 is 5.97 Å². The second-order valence-electron chi connectivity index (χ2n) is 5.92. The van der Waals surface area contributed by atoms with Crippen LogP contribution in [0.15, 0.2) is 35.5 Å².